The van der Waals surface area contributed by atoms with Gasteiger partial charge in [0.25, 0.3) is 0 Å². The molecular weight excluding hydrogens is 242 g/mol. The fourth-order valence-corrected chi connectivity index (χ4v) is 2.24. The van der Waals surface area contributed by atoms with E-state index in [1.54, 1.807) is 0 Å². The van der Waals surface area contributed by atoms with Crippen LogP contribution in [0.4, 0.5) is 0 Å². The summed E-state index contributed by atoms with van der Waals surface area (Å²) in [5, 5.41) is 3.26. The maximum atomic E-state index is 11.7. The van der Waals surface area contributed by atoms with Gasteiger partial charge in [-0.3, -0.25) is 4.79 Å². The lowest BCUT2D eigenvalue weighted by Crippen LogP contribution is -2.38. The van der Waals surface area contributed by atoms with Crippen LogP contribution in [0.15, 0.2) is 28.7 Å². The number of hydrogen-bond acceptors (Lipinski definition) is 2. The van der Waals surface area contributed by atoms with Crippen LogP contribution in [-0.4, -0.2) is 12.3 Å². The van der Waals surface area contributed by atoms with Crippen molar-refractivity contribution in [3.05, 3.63) is 34.3 Å². The second-order valence-corrected chi connectivity index (χ2v) is 4.65. The van der Waals surface area contributed by atoms with E-state index in [1.165, 1.54) is 0 Å². The van der Waals surface area contributed by atoms with E-state index < -0.39 is 5.54 Å². The lowest BCUT2D eigenvalue weighted by atomic mass is 9.90. The highest BCUT2D eigenvalue weighted by Gasteiger charge is 2.38. The zero-order valence-electron chi connectivity index (χ0n) is 8.01. The molecule has 1 heterocycles. The van der Waals surface area contributed by atoms with Crippen molar-refractivity contribution in [2.24, 2.45) is 0 Å². The van der Waals surface area contributed by atoms with Gasteiger partial charge >= 0.3 is 0 Å². The predicted octanol–water partition coefficient (Wildman–Crippen LogP) is 2.23. The Morgan fingerprint density at radius 3 is 2.86 bits per heavy atom. The Morgan fingerprint density at radius 2 is 2.29 bits per heavy atom. The molecule has 1 aromatic rings. The number of rotatable bonds is 1. The molecule has 1 aromatic carbocycles. The van der Waals surface area contributed by atoms with Gasteiger partial charge in [0, 0.05) is 17.4 Å². The van der Waals surface area contributed by atoms with Crippen molar-refractivity contribution in [1.82, 2.24) is 5.32 Å². The average molecular weight is 254 g/mol. The minimum Gasteiger partial charge on any atom is -0.301 e. The van der Waals surface area contributed by atoms with Gasteiger partial charge in [0.05, 0.1) is 0 Å². The molecule has 1 N–H and O–H groups in total. The highest BCUT2D eigenvalue weighted by atomic mass is 79.9. The highest BCUT2D eigenvalue weighted by Crippen LogP contribution is 2.28. The number of halogens is 1. The first-order chi connectivity index (χ1) is 6.63. The van der Waals surface area contributed by atoms with Crippen LogP contribution >= 0.6 is 15.9 Å². The summed E-state index contributed by atoms with van der Waals surface area (Å²) in [6.07, 6.45) is 0.628. The third kappa shape index (κ3) is 1.51. The van der Waals surface area contributed by atoms with Gasteiger partial charge in [-0.2, -0.15) is 0 Å². The van der Waals surface area contributed by atoms with Crippen LogP contribution in [0.5, 0.6) is 0 Å². The fourth-order valence-electron chi connectivity index (χ4n) is 1.84. The third-order valence-corrected chi connectivity index (χ3v) is 3.28. The molecule has 2 rings (SSSR count). The van der Waals surface area contributed by atoms with Gasteiger partial charge in [0.1, 0.15) is 5.54 Å². The van der Waals surface area contributed by atoms with E-state index in [0.717, 1.165) is 16.6 Å². The Morgan fingerprint density at radius 1 is 1.50 bits per heavy atom. The summed E-state index contributed by atoms with van der Waals surface area (Å²) >= 11 is 3.41. The lowest BCUT2D eigenvalue weighted by molar-refractivity contribution is -0.122. The number of benzene rings is 1. The Balaban J connectivity index is 2.43. The number of nitrogens with one attached hydrogen (secondary N) is 1. The van der Waals surface area contributed by atoms with Crippen LogP contribution in [0.1, 0.15) is 18.9 Å². The van der Waals surface area contributed by atoms with Crippen molar-refractivity contribution in [3.63, 3.8) is 0 Å². The van der Waals surface area contributed by atoms with Gasteiger partial charge in [-0.1, -0.05) is 28.1 Å². The lowest BCUT2D eigenvalue weighted by Gasteiger charge is -2.23. The molecule has 3 heteroatoms. The molecule has 1 unspecified atom stereocenters. The maximum Gasteiger partial charge on any atom is 0.158 e. The average Bonchev–Trinajstić information content (AvgIpc) is 2.49. The number of carbonyl (C=O) groups excluding carboxylic acids is 1. The van der Waals surface area contributed by atoms with Crippen LogP contribution in [0.25, 0.3) is 0 Å². The first-order valence-corrected chi connectivity index (χ1v) is 5.46. The van der Waals surface area contributed by atoms with E-state index in [2.05, 4.69) is 21.2 Å². The van der Waals surface area contributed by atoms with E-state index in [9.17, 15) is 4.79 Å². The number of hydrogen-bond donors (Lipinski definition) is 1. The van der Waals surface area contributed by atoms with Crippen molar-refractivity contribution in [2.75, 3.05) is 6.54 Å². The van der Waals surface area contributed by atoms with Crippen LogP contribution in [0, 0.1) is 0 Å². The molecule has 14 heavy (non-hydrogen) atoms. The maximum absolute atomic E-state index is 11.7. The Bertz CT molecular complexity index is 377. The normalized spacial score (nSPS) is 26.9. The standard InChI is InChI=1S/C11H12BrNO/c1-11(10(14)5-6-13-11)8-3-2-4-9(12)7-8/h2-4,7,13H,5-6H2,1H3. The summed E-state index contributed by atoms with van der Waals surface area (Å²) in [7, 11) is 0. The van der Waals surface area contributed by atoms with Gasteiger partial charge in [0.15, 0.2) is 5.78 Å². The third-order valence-electron chi connectivity index (χ3n) is 2.79. The minimum absolute atomic E-state index is 0.274. The molecule has 1 atom stereocenters. The second kappa shape index (κ2) is 3.48. The van der Waals surface area contributed by atoms with Crippen molar-refractivity contribution in [1.29, 1.82) is 0 Å². The van der Waals surface area contributed by atoms with Crippen LogP contribution < -0.4 is 5.32 Å². The second-order valence-electron chi connectivity index (χ2n) is 3.74. The zero-order chi connectivity index (χ0) is 10.2. The number of carbonyl (C=O) groups is 1. The van der Waals surface area contributed by atoms with Gasteiger partial charge in [0.2, 0.25) is 0 Å². The molecule has 2 nitrogen and oxygen atoms in total. The minimum atomic E-state index is -0.482. The van der Waals surface area contributed by atoms with E-state index in [1.807, 2.05) is 31.2 Å². The SMILES string of the molecule is CC1(c2cccc(Br)c2)NCCC1=O. The quantitative estimate of drug-likeness (QED) is 0.832. The molecule has 0 spiro atoms. The molecule has 0 bridgehead atoms. The largest absolute Gasteiger partial charge is 0.301 e. The Labute approximate surface area is 91.8 Å². The molecule has 1 fully saturated rings. The summed E-state index contributed by atoms with van der Waals surface area (Å²) in [6.45, 7) is 2.73. The van der Waals surface area contributed by atoms with Gasteiger partial charge < -0.3 is 5.32 Å². The molecule has 0 radical (unpaired) electrons. The summed E-state index contributed by atoms with van der Waals surface area (Å²) in [6, 6.07) is 7.90. The molecule has 1 aliphatic heterocycles. The molecular formula is C11H12BrNO. The van der Waals surface area contributed by atoms with Crippen LogP contribution in [0.3, 0.4) is 0 Å². The molecule has 0 aromatic heterocycles. The summed E-state index contributed by atoms with van der Waals surface area (Å²) in [5.74, 6) is 0.274. The van der Waals surface area contributed by atoms with Crippen LogP contribution in [-0.2, 0) is 10.3 Å². The first kappa shape index (κ1) is 9.87. The molecule has 0 saturated carbocycles. The Hall–Kier alpha value is -0.670. The van der Waals surface area contributed by atoms with Crippen LogP contribution in [0.2, 0.25) is 0 Å². The molecule has 0 aliphatic carbocycles. The van der Waals surface area contributed by atoms with Gasteiger partial charge in [-0.15, -0.1) is 0 Å². The fraction of sp³-hybridized carbons (Fsp3) is 0.364. The smallest absolute Gasteiger partial charge is 0.158 e. The monoisotopic (exact) mass is 253 g/mol. The topological polar surface area (TPSA) is 29.1 Å². The summed E-state index contributed by atoms with van der Waals surface area (Å²) in [4.78, 5) is 11.7. The zero-order valence-corrected chi connectivity index (χ0v) is 9.60. The van der Waals surface area contributed by atoms with Crippen molar-refractivity contribution in [2.45, 2.75) is 18.9 Å². The summed E-state index contributed by atoms with van der Waals surface area (Å²) in [5.41, 5.74) is 0.554. The molecule has 0 amide bonds. The van der Waals surface area contributed by atoms with Crippen molar-refractivity contribution >= 4 is 21.7 Å². The predicted molar refractivity (Wildman–Crippen MR) is 59.1 cm³/mol. The van der Waals surface area contributed by atoms with E-state index in [-0.39, 0.29) is 5.78 Å². The molecule has 1 aliphatic rings. The van der Waals surface area contributed by atoms with E-state index in [0.29, 0.717) is 6.42 Å². The Kier molecular flexibility index (Phi) is 2.45. The van der Waals surface area contributed by atoms with E-state index in [4.69, 9.17) is 0 Å². The summed E-state index contributed by atoms with van der Waals surface area (Å²) < 4.78 is 1.01. The van der Waals surface area contributed by atoms with Gasteiger partial charge in [-0.25, -0.2) is 0 Å². The highest BCUT2D eigenvalue weighted by molar-refractivity contribution is 9.10. The van der Waals surface area contributed by atoms with Crippen molar-refractivity contribution < 1.29 is 4.79 Å². The van der Waals surface area contributed by atoms with Crippen molar-refractivity contribution in [3.8, 4) is 0 Å². The first-order valence-electron chi connectivity index (χ1n) is 4.67. The number of ketones is 1. The number of Topliss-reactive ketones (excluding diaryl/α,β-unsaturated/α-hetero) is 1. The van der Waals surface area contributed by atoms with Gasteiger partial charge in [-0.05, 0) is 24.6 Å². The molecule has 74 valence electrons. The molecule has 1 saturated heterocycles. The van der Waals surface area contributed by atoms with E-state index >= 15 is 0 Å².